The van der Waals surface area contributed by atoms with E-state index in [1.54, 1.807) is 6.08 Å². The number of carbonyl (C=O) groups excluding carboxylic acids is 1. The summed E-state index contributed by atoms with van der Waals surface area (Å²) in [6.07, 6.45) is 2.13. The number of halogens is 1. The highest BCUT2D eigenvalue weighted by molar-refractivity contribution is 5.98. The number of nitrogens with one attached hydrogen (secondary N) is 1. The van der Waals surface area contributed by atoms with Crippen molar-refractivity contribution in [2.24, 2.45) is 0 Å². The maximum Gasteiger partial charge on any atom is 0.282 e. The predicted octanol–water partition coefficient (Wildman–Crippen LogP) is 2.04. The van der Waals surface area contributed by atoms with Gasteiger partial charge in [0, 0.05) is 12.6 Å². The van der Waals surface area contributed by atoms with Crippen LogP contribution >= 0.6 is 0 Å². The van der Waals surface area contributed by atoms with E-state index in [9.17, 15) is 19.3 Å². The smallest absolute Gasteiger partial charge is 0.282 e. The number of rotatable bonds is 5. The van der Waals surface area contributed by atoms with E-state index in [2.05, 4.69) is 11.9 Å². The minimum absolute atomic E-state index is 0.279. The fourth-order valence-electron chi connectivity index (χ4n) is 1.23. The zero-order chi connectivity index (χ0) is 12.8. The van der Waals surface area contributed by atoms with Crippen molar-refractivity contribution in [1.82, 2.24) is 5.32 Å². The first-order chi connectivity index (χ1) is 8.06. The topological polar surface area (TPSA) is 72.2 Å². The zero-order valence-corrected chi connectivity index (χ0v) is 8.98. The Bertz CT molecular complexity index is 460. The first-order valence-corrected chi connectivity index (χ1v) is 4.89. The molecule has 1 aromatic carbocycles. The number of carbonyl (C=O) groups is 1. The van der Waals surface area contributed by atoms with Crippen molar-refractivity contribution in [3.05, 3.63) is 52.3 Å². The number of amides is 1. The Kier molecular flexibility index (Phi) is 4.33. The monoisotopic (exact) mass is 238 g/mol. The van der Waals surface area contributed by atoms with Gasteiger partial charge >= 0.3 is 0 Å². The fourth-order valence-corrected chi connectivity index (χ4v) is 1.23. The number of hydrogen-bond acceptors (Lipinski definition) is 3. The van der Waals surface area contributed by atoms with Crippen molar-refractivity contribution in [3.63, 3.8) is 0 Å². The largest absolute Gasteiger partial charge is 0.352 e. The van der Waals surface area contributed by atoms with Crippen molar-refractivity contribution in [1.29, 1.82) is 0 Å². The van der Waals surface area contributed by atoms with Crippen LogP contribution in [0.15, 0.2) is 30.9 Å². The normalized spacial score (nSPS) is 9.71. The van der Waals surface area contributed by atoms with E-state index in [-0.39, 0.29) is 5.56 Å². The molecule has 0 atom stereocenters. The summed E-state index contributed by atoms with van der Waals surface area (Å²) in [6.45, 7) is 3.77. The Hall–Kier alpha value is -2.24. The molecule has 0 saturated carbocycles. The van der Waals surface area contributed by atoms with E-state index in [1.165, 1.54) is 0 Å². The summed E-state index contributed by atoms with van der Waals surface area (Å²) in [5.41, 5.74) is -0.693. The molecule has 1 N–H and O–H groups in total. The molecule has 0 aliphatic carbocycles. The molecule has 0 radical (unpaired) electrons. The molecule has 1 aromatic rings. The second kappa shape index (κ2) is 5.74. The Morgan fingerprint density at radius 2 is 2.29 bits per heavy atom. The minimum Gasteiger partial charge on any atom is -0.352 e. The molecule has 0 saturated heterocycles. The molecule has 17 heavy (non-hydrogen) atoms. The summed E-state index contributed by atoms with van der Waals surface area (Å²) in [5, 5.41) is 13.1. The SMILES string of the molecule is C=CCCNC(=O)c1cc(F)ccc1[N+](=O)[O-]. The van der Waals surface area contributed by atoms with Gasteiger partial charge in [-0.3, -0.25) is 14.9 Å². The van der Waals surface area contributed by atoms with E-state index < -0.39 is 22.3 Å². The molecular formula is C11H11FN2O3. The van der Waals surface area contributed by atoms with Crippen LogP contribution in [0.25, 0.3) is 0 Å². The highest BCUT2D eigenvalue weighted by atomic mass is 19.1. The third-order valence-corrected chi connectivity index (χ3v) is 2.03. The van der Waals surface area contributed by atoms with Crippen molar-refractivity contribution in [3.8, 4) is 0 Å². The first kappa shape index (κ1) is 12.8. The van der Waals surface area contributed by atoms with Gasteiger partial charge in [0.1, 0.15) is 11.4 Å². The van der Waals surface area contributed by atoms with Crippen LogP contribution in [-0.2, 0) is 0 Å². The lowest BCUT2D eigenvalue weighted by Gasteiger charge is -2.04. The Labute approximate surface area is 97.1 Å². The van der Waals surface area contributed by atoms with Gasteiger partial charge in [0.25, 0.3) is 11.6 Å². The molecule has 0 aliphatic heterocycles. The molecule has 6 heteroatoms. The maximum absolute atomic E-state index is 12.9. The van der Waals surface area contributed by atoms with Gasteiger partial charge in [0.15, 0.2) is 0 Å². The number of nitro benzene ring substituents is 1. The Morgan fingerprint density at radius 3 is 2.88 bits per heavy atom. The van der Waals surface area contributed by atoms with Crippen LogP contribution in [0, 0.1) is 15.9 Å². The number of benzene rings is 1. The van der Waals surface area contributed by atoms with Crippen LogP contribution in [-0.4, -0.2) is 17.4 Å². The Balaban J connectivity index is 2.94. The van der Waals surface area contributed by atoms with Crippen LogP contribution in [0.3, 0.4) is 0 Å². The molecule has 5 nitrogen and oxygen atoms in total. The number of nitro groups is 1. The van der Waals surface area contributed by atoms with Crippen molar-refractivity contribution in [2.45, 2.75) is 6.42 Å². The zero-order valence-electron chi connectivity index (χ0n) is 8.98. The summed E-state index contributed by atoms with van der Waals surface area (Å²) >= 11 is 0. The summed E-state index contributed by atoms with van der Waals surface area (Å²) in [5.74, 6) is -1.36. The molecular weight excluding hydrogens is 227 g/mol. The highest BCUT2D eigenvalue weighted by Crippen LogP contribution is 2.19. The second-order valence-electron chi connectivity index (χ2n) is 3.25. The van der Waals surface area contributed by atoms with Crippen LogP contribution in [0.4, 0.5) is 10.1 Å². The van der Waals surface area contributed by atoms with Gasteiger partial charge in [-0.05, 0) is 18.6 Å². The summed E-state index contributed by atoms with van der Waals surface area (Å²) in [7, 11) is 0. The van der Waals surface area contributed by atoms with E-state index in [0.717, 1.165) is 18.2 Å². The molecule has 90 valence electrons. The van der Waals surface area contributed by atoms with Gasteiger partial charge in [-0.15, -0.1) is 6.58 Å². The molecule has 0 fully saturated rings. The third kappa shape index (κ3) is 3.37. The predicted molar refractivity (Wildman–Crippen MR) is 60.2 cm³/mol. The molecule has 0 aliphatic rings. The fraction of sp³-hybridized carbons (Fsp3) is 0.182. The maximum atomic E-state index is 12.9. The van der Waals surface area contributed by atoms with Gasteiger partial charge in [-0.1, -0.05) is 6.08 Å². The van der Waals surface area contributed by atoms with E-state index in [1.807, 2.05) is 0 Å². The summed E-state index contributed by atoms with van der Waals surface area (Å²) in [6, 6.07) is 2.76. The summed E-state index contributed by atoms with van der Waals surface area (Å²) < 4.78 is 12.9. The quantitative estimate of drug-likeness (QED) is 0.369. The van der Waals surface area contributed by atoms with E-state index >= 15 is 0 Å². The standard InChI is InChI=1S/C11H11FN2O3/c1-2-3-6-13-11(15)9-7-8(12)4-5-10(9)14(16)17/h2,4-5,7H,1,3,6H2,(H,13,15). The molecule has 0 unspecified atom stereocenters. The average molecular weight is 238 g/mol. The van der Waals surface area contributed by atoms with Crippen molar-refractivity contribution >= 4 is 11.6 Å². The first-order valence-electron chi connectivity index (χ1n) is 4.89. The number of hydrogen-bond donors (Lipinski definition) is 1. The second-order valence-corrected chi connectivity index (χ2v) is 3.25. The number of nitrogens with zero attached hydrogens (tertiary/aromatic N) is 1. The lowest BCUT2D eigenvalue weighted by Crippen LogP contribution is -2.25. The van der Waals surface area contributed by atoms with Gasteiger partial charge in [0.05, 0.1) is 4.92 Å². The van der Waals surface area contributed by atoms with Gasteiger partial charge in [0.2, 0.25) is 0 Å². The molecule has 1 rings (SSSR count). The van der Waals surface area contributed by atoms with E-state index in [0.29, 0.717) is 13.0 Å². The molecule has 0 bridgehead atoms. The van der Waals surface area contributed by atoms with Crippen molar-refractivity contribution < 1.29 is 14.1 Å². The van der Waals surface area contributed by atoms with Crippen LogP contribution < -0.4 is 5.32 Å². The van der Waals surface area contributed by atoms with Crippen LogP contribution in [0.5, 0.6) is 0 Å². The lowest BCUT2D eigenvalue weighted by atomic mass is 10.1. The van der Waals surface area contributed by atoms with Gasteiger partial charge in [-0.2, -0.15) is 0 Å². The lowest BCUT2D eigenvalue weighted by molar-refractivity contribution is -0.385. The van der Waals surface area contributed by atoms with Crippen LogP contribution in [0.2, 0.25) is 0 Å². The van der Waals surface area contributed by atoms with Crippen molar-refractivity contribution in [2.75, 3.05) is 6.54 Å². The summed E-state index contributed by atoms with van der Waals surface area (Å²) in [4.78, 5) is 21.5. The minimum atomic E-state index is -0.720. The van der Waals surface area contributed by atoms with Gasteiger partial charge in [-0.25, -0.2) is 4.39 Å². The van der Waals surface area contributed by atoms with Crippen LogP contribution in [0.1, 0.15) is 16.8 Å². The third-order valence-electron chi connectivity index (χ3n) is 2.03. The molecule has 0 aromatic heterocycles. The molecule has 1 amide bonds. The molecule has 0 spiro atoms. The van der Waals surface area contributed by atoms with E-state index in [4.69, 9.17) is 0 Å². The van der Waals surface area contributed by atoms with Gasteiger partial charge < -0.3 is 5.32 Å². The Morgan fingerprint density at radius 1 is 1.59 bits per heavy atom. The molecule has 0 heterocycles. The average Bonchev–Trinajstić information content (AvgIpc) is 2.28. The highest BCUT2D eigenvalue weighted by Gasteiger charge is 2.20.